The zero-order chi connectivity index (χ0) is 15.9. The Morgan fingerprint density at radius 2 is 1.86 bits per heavy atom. The summed E-state index contributed by atoms with van der Waals surface area (Å²) in [6, 6.07) is 7.21. The molecule has 112 valence electrons. The van der Waals surface area contributed by atoms with Gasteiger partial charge in [0.05, 0.1) is 7.11 Å². The van der Waals surface area contributed by atoms with Crippen molar-refractivity contribution < 1.29 is 4.74 Å². The molecular weight excluding hydrogens is 352 g/mol. The minimum Gasteiger partial charge on any atom is -0.497 e. The van der Waals surface area contributed by atoms with Crippen LogP contribution in [0.15, 0.2) is 38.5 Å². The van der Waals surface area contributed by atoms with E-state index in [4.69, 9.17) is 4.74 Å². The Kier molecular flexibility index (Phi) is 3.53. The van der Waals surface area contributed by atoms with Crippen molar-refractivity contribution in [2.24, 2.45) is 7.05 Å². The molecule has 0 unspecified atom stereocenters. The average Bonchev–Trinajstić information content (AvgIpc) is 2.52. The predicted molar refractivity (Wildman–Crippen MR) is 85.1 cm³/mol. The first-order chi connectivity index (χ1) is 10.5. The van der Waals surface area contributed by atoms with E-state index in [1.165, 1.54) is 11.6 Å². The van der Waals surface area contributed by atoms with Crippen molar-refractivity contribution in [2.75, 3.05) is 7.11 Å². The van der Waals surface area contributed by atoms with Gasteiger partial charge >= 0.3 is 5.69 Å². The van der Waals surface area contributed by atoms with Gasteiger partial charge in [-0.15, -0.1) is 0 Å². The van der Waals surface area contributed by atoms with Gasteiger partial charge in [-0.3, -0.25) is 14.3 Å². The van der Waals surface area contributed by atoms with Gasteiger partial charge in [-0.2, -0.15) is 0 Å². The van der Waals surface area contributed by atoms with E-state index in [0.717, 1.165) is 5.56 Å². The van der Waals surface area contributed by atoms with Crippen LogP contribution in [0.1, 0.15) is 0 Å². The number of hydrogen-bond acceptors (Lipinski definition) is 5. The van der Waals surface area contributed by atoms with Gasteiger partial charge < -0.3 is 4.74 Å². The summed E-state index contributed by atoms with van der Waals surface area (Å²) < 4.78 is 6.80. The topological polar surface area (TPSA) is 89.9 Å². The minimum atomic E-state index is -0.562. The standard InChI is InChI=1S/C14H11BrN4O3/c1-19-12-10(13(20)18-14(19)21)16-9(11(15)17-12)7-3-5-8(22-2)6-4-7/h3-6H,1-2H3,(H,18,20,21). The number of halogens is 1. The van der Waals surface area contributed by atoms with Gasteiger partial charge in [-0.1, -0.05) is 0 Å². The summed E-state index contributed by atoms with van der Waals surface area (Å²) in [6.07, 6.45) is 0. The summed E-state index contributed by atoms with van der Waals surface area (Å²) in [4.78, 5) is 34.4. The highest BCUT2D eigenvalue weighted by molar-refractivity contribution is 9.10. The fraction of sp³-hybridized carbons (Fsp3) is 0.143. The number of aromatic amines is 1. The zero-order valence-electron chi connectivity index (χ0n) is 11.8. The number of rotatable bonds is 2. The van der Waals surface area contributed by atoms with Crippen molar-refractivity contribution >= 4 is 27.1 Å². The largest absolute Gasteiger partial charge is 0.497 e. The second-order valence-corrected chi connectivity index (χ2v) is 5.33. The highest BCUT2D eigenvalue weighted by Gasteiger charge is 2.14. The normalized spacial score (nSPS) is 10.9. The highest BCUT2D eigenvalue weighted by Crippen LogP contribution is 2.27. The molecule has 0 saturated carbocycles. The molecule has 0 saturated heterocycles. The molecule has 0 radical (unpaired) electrons. The van der Waals surface area contributed by atoms with E-state index < -0.39 is 11.2 Å². The van der Waals surface area contributed by atoms with Crippen LogP contribution in [0.3, 0.4) is 0 Å². The van der Waals surface area contributed by atoms with E-state index in [1.807, 2.05) is 12.1 Å². The van der Waals surface area contributed by atoms with Gasteiger partial charge in [0.2, 0.25) is 0 Å². The lowest BCUT2D eigenvalue weighted by atomic mass is 10.1. The maximum atomic E-state index is 11.9. The lowest BCUT2D eigenvalue weighted by Gasteiger charge is -2.08. The minimum absolute atomic E-state index is 0.108. The van der Waals surface area contributed by atoms with E-state index in [9.17, 15) is 9.59 Å². The van der Waals surface area contributed by atoms with E-state index in [1.54, 1.807) is 19.2 Å². The molecule has 1 N–H and O–H groups in total. The Bertz CT molecular complexity index is 976. The monoisotopic (exact) mass is 362 g/mol. The summed E-state index contributed by atoms with van der Waals surface area (Å²) in [5.74, 6) is 0.717. The molecule has 0 atom stereocenters. The molecule has 1 aromatic carbocycles. The van der Waals surface area contributed by atoms with Crippen LogP contribution in [0.4, 0.5) is 0 Å². The van der Waals surface area contributed by atoms with Gasteiger partial charge in [0, 0.05) is 12.6 Å². The van der Waals surface area contributed by atoms with Crippen LogP contribution < -0.4 is 16.0 Å². The number of benzene rings is 1. The molecule has 2 heterocycles. The fourth-order valence-corrected chi connectivity index (χ4v) is 2.55. The Hall–Kier alpha value is -2.48. The molecule has 0 aliphatic heterocycles. The van der Waals surface area contributed by atoms with Crippen molar-refractivity contribution in [3.05, 3.63) is 49.7 Å². The summed E-state index contributed by atoms with van der Waals surface area (Å²) in [7, 11) is 3.11. The summed E-state index contributed by atoms with van der Waals surface area (Å²) in [6.45, 7) is 0. The van der Waals surface area contributed by atoms with Crippen LogP contribution in [-0.2, 0) is 7.05 Å². The van der Waals surface area contributed by atoms with Gasteiger partial charge in [0.25, 0.3) is 5.56 Å². The number of ether oxygens (including phenoxy) is 1. The zero-order valence-corrected chi connectivity index (χ0v) is 13.3. The van der Waals surface area contributed by atoms with Crippen molar-refractivity contribution in [2.45, 2.75) is 0 Å². The maximum Gasteiger partial charge on any atom is 0.329 e. The Morgan fingerprint density at radius 3 is 2.50 bits per heavy atom. The Balaban J connectivity index is 2.29. The average molecular weight is 363 g/mol. The molecule has 0 spiro atoms. The van der Waals surface area contributed by atoms with Crippen molar-refractivity contribution in [3.8, 4) is 17.0 Å². The van der Waals surface area contributed by atoms with Crippen LogP contribution in [0, 0.1) is 0 Å². The van der Waals surface area contributed by atoms with Crippen LogP contribution in [0.2, 0.25) is 0 Å². The summed E-state index contributed by atoms with van der Waals surface area (Å²) in [5, 5.41) is 0. The van der Waals surface area contributed by atoms with Gasteiger partial charge in [0.15, 0.2) is 11.2 Å². The molecule has 0 aliphatic carbocycles. The molecule has 0 aliphatic rings. The van der Waals surface area contributed by atoms with E-state index in [2.05, 4.69) is 30.9 Å². The number of nitrogens with one attached hydrogen (secondary N) is 1. The molecule has 3 rings (SSSR count). The van der Waals surface area contributed by atoms with Gasteiger partial charge in [-0.25, -0.2) is 14.8 Å². The van der Waals surface area contributed by atoms with Crippen LogP contribution in [0.25, 0.3) is 22.4 Å². The van der Waals surface area contributed by atoms with Crippen LogP contribution in [-0.4, -0.2) is 26.6 Å². The number of fused-ring (bicyclic) bond motifs is 1. The number of aryl methyl sites for hydroxylation is 1. The SMILES string of the molecule is COc1ccc(-c2nc3c(=O)[nH]c(=O)n(C)c3nc2Br)cc1. The number of aromatic nitrogens is 4. The third-order valence-electron chi connectivity index (χ3n) is 3.26. The number of hydrogen-bond donors (Lipinski definition) is 1. The quantitative estimate of drug-likeness (QED) is 0.745. The number of nitrogens with zero attached hydrogens (tertiary/aromatic N) is 3. The van der Waals surface area contributed by atoms with E-state index in [-0.39, 0.29) is 11.2 Å². The van der Waals surface area contributed by atoms with Crippen molar-refractivity contribution in [1.82, 2.24) is 19.5 Å². The molecule has 0 fully saturated rings. The van der Waals surface area contributed by atoms with Crippen LogP contribution >= 0.6 is 15.9 Å². The molecule has 0 amide bonds. The Labute approximate surface area is 132 Å². The Morgan fingerprint density at radius 1 is 1.18 bits per heavy atom. The lowest BCUT2D eigenvalue weighted by Crippen LogP contribution is -2.29. The summed E-state index contributed by atoms with van der Waals surface area (Å²) in [5.41, 5.74) is 0.521. The molecule has 7 nitrogen and oxygen atoms in total. The molecule has 0 bridgehead atoms. The number of methoxy groups -OCH3 is 1. The van der Waals surface area contributed by atoms with Gasteiger partial charge in [0.1, 0.15) is 16.0 Å². The molecular formula is C14H11BrN4O3. The molecule has 2 aromatic heterocycles. The predicted octanol–water partition coefficient (Wildman–Crippen LogP) is 1.45. The molecule has 22 heavy (non-hydrogen) atoms. The lowest BCUT2D eigenvalue weighted by molar-refractivity contribution is 0.415. The number of H-pyrrole nitrogens is 1. The smallest absolute Gasteiger partial charge is 0.329 e. The third kappa shape index (κ3) is 2.31. The molecule has 8 heteroatoms. The second-order valence-electron chi connectivity index (χ2n) is 4.58. The highest BCUT2D eigenvalue weighted by atomic mass is 79.9. The van der Waals surface area contributed by atoms with Crippen molar-refractivity contribution in [1.29, 1.82) is 0 Å². The third-order valence-corrected chi connectivity index (χ3v) is 3.81. The van der Waals surface area contributed by atoms with Gasteiger partial charge in [-0.05, 0) is 40.2 Å². The van der Waals surface area contributed by atoms with Crippen molar-refractivity contribution in [3.63, 3.8) is 0 Å². The van der Waals surface area contributed by atoms with E-state index in [0.29, 0.717) is 16.0 Å². The maximum absolute atomic E-state index is 11.9. The van der Waals surface area contributed by atoms with Crippen LogP contribution in [0.5, 0.6) is 5.75 Å². The first-order valence-corrected chi connectivity index (χ1v) is 7.11. The first kappa shape index (κ1) is 14.5. The fourth-order valence-electron chi connectivity index (χ4n) is 2.06. The summed E-state index contributed by atoms with van der Waals surface area (Å²) >= 11 is 3.34. The first-order valence-electron chi connectivity index (χ1n) is 6.32. The van der Waals surface area contributed by atoms with E-state index >= 15 is 0 Å². The molecule has 3 aromatic rings. The second kappa shape index (κ2) is 5.38.